The van der Waals surface area contributed by atoms with Gasteiger partial charge in [0, 0.05) is 18.8 Å². The highest BCUT2D eigenvalue weighted by Gasteiger charge is 2.02. The van der Waals surface area contributed by atoms with E-state index < -0.39 is 0 Å². The van der Waals surface area contributed by atoms with Gasteiger partial charge in [0.15, 0.2) is 0 Å². The fourth-order valence-electron chi connectivity index (χ4n) is 1.29. The molecule has 1 heterocycles. The van der Waals surface area contributed by atoms with Crippen LogP contribution in [0.25, 0.3) is 0 Å². The van der Waals surface area contributed by atoms with Gasteiger partial charge in [-0.15, -0.1) is 0 Å². The summed E-state index contributed by atoms with van der Waals surface area (Å²) in [5.41, 5.74) is 6.55. The molecular weight excluding hydrogens is 218 g/mol. The molecule has 0 unspecified atom stereocenters. The van der Waals surface area contributed by atoms with Crippen LogP contribution in [0.3, 0.4) is 0 Å². The largest absolute Gasteiger partial charge is 0.481 e. The predicted octanol–water partition coefficient (Wildman–Crippen LogP) is 1.74. The van der Waals surface area contributed by atoms with E-state index in [9.17, 15) is 0 Å². The van der Waals surface area contributed by atoms with Gasteiger partial charge in [-0.25, -0.2) is 4.98 Å². The molecule has 17 heavy (non-hydrogen) atoms. The lowest BCUT2D eigenvalue weighted by Gasteiger charge is -2.05. The van der Waals surface area contributed by atoms with Crippen molar-refractivity contribution >= 4 is 0 Å². The fraction of sp³-hybridized carbons (Fsp3) is 0.167. The van der Waals surface area contributed by atoms with E-state index in [1.807, 2.05) is 24.3 Å². The Balaban J connectivity index is 2.13. The summed E-state index contributed by atoms with van der Waals surface area (Å²) >= 11 is 0. The highest BCUT2D eigenvalue weighted by Crippen LogP contribution is 2.19. The lowest BCUT2D eigenvalue weighted by atomic mass is 10.2. The number of rotatable bonds is 4. The minimum Gasteiger partial charge on any atom is -0.481 e. The van der Waals surface area contributed by atoms with E-state index >= 15 is 0 Å². The average Bonchev–Trinajstić information content (AvgIpc) is 2.40. The van der Waals surface area contributed by atoms with Gasteiger partial charge in [0.25, 0.3) is 0 Å². The molecule has 0 aliphatic rings. The van der Waals surface area contributed by atoms with Crippen LogP contribution in [-0.4, -0.2) is 17.1 Å². The first kappa shape index (κ1) is 11.3. The number of methoxy groups -OCH3 is 1. The second-order valence-electron chi connectivity index (χ2n) is 3.33. The highest BCUT2D eigenvalue weighted by atomic mass is 16.5. The second-order valence-corrected chi connectivity index (χ2v) is 3.33. The summed E-state index contributed by atoms with van der Waals surface area (Å²) in [4.78, 5) is 8.04. The van der Waals surface area contributed by atoms with E-state index in [1.165, 1.54) is 0 Å². The van der Waals surface area contributed by atoms with E-state index in [4.69, 9.17) is 15.2 Å². The molecule has 2 aromatic rings. The van der Waals surface area contributed by atoms with Crippen LogP contribution in [-0.2, 0) is 6.54 Å². The zero-order valence-corrected chi connectivity index (χ0v) is 9.46. The van der Waals surface area contributed by atoms with Gasteiger partial charge in [0.1, 0.15) is 5.75 Å². The van der Waals surface area contributed by atoms with E-state index in [0.717, 1.165) is 5.56 Å². The Morgan fingerprint density at radius 1 is 1.18 bits per heavy atom. The molecular formula is C12H13N3O2. The lowest BCUT2D eigenvalue weighted by Crippen LogP contribution is -1.96. The van der Waals surface area contributed by atoms with E-state index in [2.05, 4.69) is 9.97 Å². The first-order valence-electron chi connectivity index (χ1n) is 5.15. The summed E-state index contributed by atoms with van der Waals surface area (Å²) in [7, 11) is 1.54. The zero-order valence-electron chi connectivity index (χ0n) is 9.46. The molecule has 2 N–H and O–H groups in total. The van der Waals surface area contributed by atoms with Crippen LogP contribution in [0.1, 0.15) is 5.56 Å². The quantitative estimate of drug-likeness (QED) is 0.867. The Morgan fingerprint density at radius 3 is 2.59 bits per heavy atom. The van der Waals surface area contributed by atoms with Crippen LogP contribution in [0.5, 0.6) is 17.6 Å². The fourth-order valence-corrected chi connectivity index (χ4v) is 1.29. The summed E-state index contributed by atoms with van der Waals surface area (Å²) in [5.74, 6) is 1.13. The molecule has 5 nitrogen and oxygen atoms in total. The van der Waals surface area contributed by atoms with Crippen molar-refractivity contribution in [1.29, 1.82) is 0 Å². The molecule has 0 radical (unpaired) electrons. The van der Waals surface area contributed by atoms with Crippen molar-refractivity contribution in [2.45, 2.75) is 6.54 Å². The van der Waals surface area contributed by atoms with Gasteiger partial charge in [0.05, 0.1) is 7.11 Å². The monoisotopic (exact) mass is 231 g/mol. The first-order valence-corrected chi connectivity index (χ1v) is 5.15. The van der Waals surface area contributed by atoms with Crippen LogP contribution < -0.4 is 15.2 Å². The molecule has 0 saturated carbocycles. The van der Waals surface area contributed by atoms with Crippen molar-refractivity contribution in [3.8, 4) is 17.6 Å². The Morgan fingerprint density at radius 2 is 1.94 bits per heavy atom. The molecule has 0 aliphatic heterocycles. The molecule has 0 bridgehead atoms. The van der Waals surface area contributed by atoms with E-state index in [1.54, 1.807) is 19.4 Å². The highest BCUT2D eigenvalue weighted by molar-refractivity contribution is 5.29. The standard InChI is InChI=1S/C12H13N3O2/c1-16-11-6-7-14-12(15-11)17-10-4-2-9(8-13)3-5-10/h2-7H,8,13H2,1H3. The van der Waals surface area contributed by atoms with Gasteiger partial charge in [-0.05, 0) is 17.7 Å². The summed E-state index contributed by atoms with van der Waals surface area (Å²) in [6.07, 6.45) is 1.58. The van der Waals surface area contributed by atoms with Gasteiger partial charge < -0.3 is 15.2 Å². The lowest BCUT2D eigenvalue weighted by molar-refractivity contribution is 0.376. The Kier molecular flexibility index (Phi) is 3.52. The third-order valence-corrected chi connectivity index (χ3v) is 2.19. The number of benzene rings is 1. The maximum atomic E-state index is 5.51. The second kappa shape index (κ2) is 5.27. The molecule has 0 fully saturated rings. The van der Waals surface area contributed by atoms with Gasteiger partial charge in [0.2, 0.25) is 5.88 Å². The van der Waals surface area contributed by atoms with Crippen molar-refractivity contribution in [3.63, 3.8) is 0 Å². The molecule has 0 spiro atoms. The minimum atomic E-state index is 0.254. The third kappa shape index (κ3) is 2.92. The normalized spacial score (nSPS) is 10.0. The van der Waals surface area contributed by atoms with Crippen molar-refractivity contribution in [2.24, 2.45) is 5.73 Å². The molecule has 5 heteroatoms. The summed E-state index contributed by atoms with van der Waals surface area (Å²) < 4.78 is 10.5. The molecule has 2 rings (SSSR count). The van der Waals surface area contributed by atoms with Crippen molar-refractivity contribution in [3.05, 3.63) is 42.1 Å². The zero-order chi connectivity index (χ0) is 12.1. The number of hydrogen-bond acceptors (Lipinski definition) is 5. The molecule has 1 aromatic carbocycles. The molecule has 0 amide bonds. The minimum absolute atomic E-state index is 0.254. The molecule has 0 saturated heterocycles. The van der Waals surface area contributed by atoms with E-state index in [-0.39, 0.29) is 6.01 Å². The number of nitrogens with zero attached hydrogens (tertiary/aromatic N) is 2. The smallest absolute Gasteiger partial charge is 0.325 e. The van der Waals surface area contributed by atoms with Gasteiger partial charge in [-0.2, -0.15) is 4.98 Å². The molecule has 0 aliphatic carbocycles. The van der Waals surface area contributed by atoms with Crippen molar-refractivity contribution < 1.29 is 9.47 Å². The summed E-state index contributed by atoms with van der Waals surface area (Å²) in [6.45, 7) is 0.510. The third-order valence-electron chi connectivity index (χ3n) is 2.19. The molecule has 0 atom stereocenters. The Labute approximate surface area is 99.2 Å². The summed E-state index contributed by atoms with van der Waals surface area (Å²) in [5, 5.41) is 0. The van der Waals surface area contributed by atoms with Gasteiger partial charge in [-0.3, -0.25) is 0 Å². The van der Waals surface area contributed by atoms with Gasteiger partial charge >= 0.3 is 6.01 Å². The maximum absolute atomic E-state index is 5.51. The average molecular weight is 231 g/mol. The maximum Gasteiger partial charge on any atom is 0.325 e. The van der Waals surface area contributed by atoms with Gasteiger partial charge in [-0.1, -0.05) is 12.1 Å². The van der Waals surface area contributed by atoms with Crippen molar-refractivity contribution in [2.75, 3.05) is 7.11 Å². The number of ether oxygens (including phenoxy) is 2. The van der Waals surface area contributed by atoms with Crippen LogP contribution in [0, 0.1) is 0 Å². The molecule has 1 aromatic heterocycles. The van der Waals surface area contributed by atoms with Crippen molar-refractivity contribution in [1.82, 2.24) is 9.97 Å². The first-order chi connectivity index (χ1) is 8.31. The number of hydrogen-bond donors (Lipinski definition) is 1. The SMILES string of the molecule is COc1ccnc(Oc2ccc(CN)cc2)n1. The van der Waals surface area contributed by atoms with Crippen LogP contribution >= 0.6 is 0 Å². The van der Waals surface area contributed by atoms with Crippen LogP contribution in [0.15, 0.2) is 36.5 Å². The topological polar surface area (TPSA) is 70.3 Å². The Bertz CT molecular complexity index is 485. The Hall–Kier alpha value is -2.14. The summed E-state index contributed by atoms with van der Waals surface area (Å²) in [6, 6.07) is 9.36. The molecule has 88 valence electrons. The number of nitrogens with two attached hydrogens (primary N) is 1. The number of aromatic nitrogens is 2. The predicted molar refractivity (Wildman–Crippen MR) is 63.0 cm³/mol. The van der Waals surface area contributed by atoms with Crippen LogP contribution in [0.4, 0.5) is 0 Å². The van der Waals surface area contributed by atoms with E-state index in [0.29, 0.717) is 18.2 Å². The van der Waals surface area contributed by atoms with Crippen LogP contribution in [0.2, 0.25) is 0 Å².